The fourth-order valence-electron chi connectivity index (χ4n) is 3.20. The Balaban J connectivity index is 1.96. The van der Waals surface area contributed by atoms with Crippen molar-refractivity contribution in [2.45, 2.75) is 58.9 Å². The van der Waals surface area contributed by atoms with E-state index >= 15 is 0 Å². The van der Waals surface area contributed by atoms with E-state index in [0.717, 1.165) is 36.3 Å². The van der Waals surface area contributed by atoms with Gasteiger partial charge in [-0.2, -0.15) is 0 Å². The highest BCUT2D eigenvalue weighted by Crippen LogP contribution is 2.32. The predicted molar refractivity (Wildman–Crippen MR) is 91.3 cm³/mol. The molecule has 1 aliphatic rings. The number of hydrogen-bond acceptors (Lipinski definition) is 1. The SMILES string of the molecule is CCC(C)(C)NC(=O)c1ccc2[nH]c3c(c2c1)C[C@H](C)CC3. The number of carbonyl (C=O) groups is 1. The monoisotopic (exact) mass is 298 g/mol. The Morgan fingerprint density at radius 3 is 2.91 bits per heavy atom. The van der Waals surface area contributed by atoms with Gasteiger partial charge in [0.25, 0.3) is 5.91 Å². The normalized spacial score (nSPS) is 18.3. The molecule has 3 rings (SSSR count). The first-order valence-electron chi connectivity index (χ1n) is 8.35. The van der Waals surface area contributed by atoms with E-state index in [2.05, 4.69) is 44.1 Å². The smallest absolute Gasteiger partial charge is 0.251 e. The average Bonchev–Trinajstić information content (AvgIpc) is 2.84. The van der Waals surface area contributed by atoms with Crippen LogP contribution in [0.4, 0.5) is 0 Å². The number of fused-ring (bicyclic) bond motifs is 3. The van der Waals surface area contributed by atoms with Gasteiger partial charge >= 0.3 is 0 Å². The van der Waals surface area contributed by atoms with Crippen LogP contribution in [0.15, 0.2) is 18.2 Å². The zero-order valence-corrected chi connectivity index (χ0v) is 14.0. The highest BCUT2D eigenvalue weighted by atomic mass is 16.1. The molecule has 0 unspecified atom stereocenters. The van der Waals surface area contributed by atoms with Gasteiger partial charge in [-0.25, -0.2) is 0 Å². The first-order valence-corrected chi connectivity index (χ1v) is 8.35. The van der Waals surface area contributed by atoms with Crippen molar-refractivity contribution in [1.82, 2.24) is 10.3 Å². The summed E-state index contributed by atoms with van der Waals surface area (Å²) in [6.07, 6.45) is 4.40. The van der Waals surface area contributed by atoms with Crippen LogP contribution in [-0.2, 0) is 12.8 Å². The Labute approximate surface area is 132 Å². The second-order valence-corrected chi connectivity index (χ2v) is 7.38. The number of H-pyrrole nitrogens is 1. The third-order valence-electron chi connectivity index (χ3n) is 5.03. The lowest BCUT2D eigenvalue weighted by Crippen LogP contribution is -2.42. The van der Waals surface area contributed by atoms with Crippen LogP contribution in [0.5, 0.6) is 0 Å². The lowest BCUT2D eigenvalue weighted by Gasteiger charge is -2.24. The molecule has 0 spiro atoms. The van der Waals surface area contributed by atoms with Gasteiger partial charge in [0.05, 0.1) is 0 Å². The molecule has 2 N–H and O–H groups in total. The zero-order chi connectivity index (χ0) is 15.9. The lowest BCUT2D eigenvalue weighted by atomic mass is 9.87. The van der Waals surface area contributed by atoms with Crippen LogP contribution in [0.25, 0.3) is 10.9 Å². The Bertz CT molecular complexity index is 712. The molecule has 1 heterocycles. The average molecular weight is 298 g/mol. The summed E-state index contributed by atoms with van der Waals surface area (Å²) < 4.78 is 0. The van der Waals surface area contributed by atoms with Gasteiger partial charge in [0, 0.05) is 27.7 Å². The minimum Gasteiger partial charge on any atom is -0.358 e. The van der Waals surface area contributed by atoms with Gasteiger partial charge in [-0.3, -0.25) is 4.79 Å². The summed E-state index contributed by atoms with van der Waals surface area (Å²) in [5, 5.41) is 4.34. The van der Waals surface area contributed by atoms with Crippen molar-refractivity contribution >= 4 is 16.8 Å². The summed E-state index contributed by atoms with van der Waals surface area (Å²) in [5.74, 6) is 0.746. The fourth-order valence-corrected chi connectivity index (χ4v) is 3.20. The summed E-state index contributed by atoms with van der Waals surface area (Å²) in [6.45, 7) is 8.52. The van der Waals surface area contributed by atoms with Gasteiger partial charge in [0.1, 0.15) is 0 Å². The molecule has 0 saturated carbocycles. The van der Waals surface area contributed by atoms with E-state index in [0.29, 0.717) is 0 Å². The van der Waals surface area contributed by atoms with E-state index < -0.39 is 0 Å². The summed E-state index contributed by atoms with van der Waals surface area (Å²) in [6, 6.07) is 6.03. The predicted octanol–water partition coefficient (Wildman–Crippen LogP) is 4.21. The first-order chi connectivity index (χ1) is 10.4. The van der Waals surface area contributed by atoms with Gasteiger partial charge in [0.2, 0.25) is 0 Å². The van der Waals surface area contributed by atoms with Gasteiger partial charge in [0.15, 0.2) is 0 Å². The van der Waals surface area contributed by atoms with E-state index in [1.807, 2.05) is 12.1 Å². The largest absolute Gasteiger partial charge is 0.358 e. The van der Waals surface area contributed by atoms with Gasteiger partial charge in [-0.1, -0.05) is 13.8 Å². The molecule has 118 valence electrons. The second-order valence-electron chi connectivity index (χ2n) is 7.38. The number of amides is 1. The van der Waals surface area contributed by atoms with Crippen LogP contribution < -0.4 is 5.32 Å². The molecule has 0 bridgehead atoms. The van der Waals surface area contributed by atoms with Gasteiger partial charge in [-0.15, -0.1) is 0 Å². The van der Waals surface area contributed by atoms with Crippen LogP contribution in [0.2, 0.25) is 0 Å². The summed E-state index contributed by atoms with van der Waals surface area (Å²) in [4.78, 5) is 16.0. The molecule has 0 aliphatic heterocycles. The highest BCUT2D eigenvalue weighted by molar-refractivity contribution is 5.99. The number of rotatable bonds is 3. The second kappa shape index (κ2) is 5.45. The summed E-state index contributed by atoms with van der Waals surface area (Å²) >= 11 is 0. The molecule has 0 saturated heterocycles. The maximum absolute atomic E-state index is 12.5. The Morgan fingerprint density at radius 1 is 1.41 bits per heavy atom. The fraction of sp³-hybridized carbons (Fsp3) is 0.526. The molecule has 1 atom stereocenters. The van der Waals surface area contributed by atoms with Crippen molar-refractivity contribution in [2.75, 3.05) is 0 Å². The van der Waals surface area contributed by atoms with Gasteiger partial charge in [-0.05, 0) is 69.2 Å². The Hall–Kier alpha value is -1.77. The van der Waals surface area contributed by atoms with Crippen LogP contribution in [-0.4, -0.2) is 16.4 Å². The molecular formula is C19H26N2O. The lowest BCUT2D eigenvalue weighted by molar-refractivity contribution is 0.0911. The molecule has 3 nitrogen and oxygen atoms in total. The van der Waals surface area contributed by atoms with E-state index in [4.69, 9.17) is 0 Å². The maximum atomic E-state index is 12.5. The number of aryl methyl sites for hydroxylation is 1. The van der Waals surface area contributed by atoms with Crippen molar-refractivity contribution in [3.63, 3.8) is 0 Å². The van der Waals surface area contributed by atoms with Crippen molar-refractivity contribution in [3.05, 3.63) is 35.0 Å². The van der Waals surface area contributed by atoms with Gasteiger partial charge < -0.3 is 10.3 Å². The number of aromatic amines is 1. The summed E-state index contributed by atoms with van der Waals surface area (Å²) in [7, 11) is 0. The molecule has 2 aromatic rings. The van der Waals surface area contributed by atoms with E-state index in [1.54, 1.807) is 0 Å². The van der Waals surface area contributed by atoms with Crippen LogP contribution in [0.3, 0.4) is 0 Å². The number of carbonyl (C=O) groups excluding carboxylic acids is 1. The van der Waals surface area contributed by atoms with E-state index in [1.165, 1.54) is 23.1 Å². The van der Waals surface area contributed by atoms with E-state index in [9.17, 15) is 4.79 Å². The third kappa shape index (κ3) is 2.77. The molecule has 0 radical (unpaired) electrons. The van der Waals surface area contributed by atoms with Crippen molar-refractivity contribution in [3.8, 4) is 0 Å². The molecule has 1 amide bonds. The highest BCUT2D eigenvalue weighted by Gasteiger charge is 2.22. The number of benzene rings is 1. The van der Waals surface area contributed by atoms with Crippen LogP contribution in [0, 0.1) is 5.92 Å². The topological polar surface area (TPSA) is 44.9 Å². The Morgan fingerprint density at radius 2 is 2.18 bits per heavy atom. The molecule has 3 heteroatoms. The van der Waals surface area contributed by atoms with E-state index in [-0.39, 0.29) is 11.4 Å². The van der Waals surface area contributed by atoms with Crippen LogP contribution in [0.1, 0.15) is 62.2 Å². The molecule has 1 aliphatic carbocycles. The first kappa shape index (κ1) is 15.1. The van der Waals surface area contributed by atoms with Crippen molar-refractivity contribution in [2.24, 2.45) is 5.92 Å². The Kier molecular flexibility index (Phi) is 3.75. The zero-order valence-electron chi connectivity index (χ0n) is 14.0. The standard InChI is InChI=1S/C19H26N2O/c1-5-19(3,4)21-18(22)13-7-9-17-15(11-13)14-10-12(2)6-8-16(14)20-17/h7,9,11-12,20H,5-6,8,10H2,1-4H3,(H,21,22)/t12-/m1/s1. The maximum Gasteiger partial charge on any atom is 0.251 e. The third-order valence-corrected chi connectivity index (χ3v) is 5.03. The number of nitrogens with one attached hydrogen (secondary N) is 2. The minimum atomic E-state index is -0.169. The quantitative estimate of drug-likeness (QED) is 0.876. The van der Waals surface area contributed by atoms with Crippen molar-refractivity contribution in [1.29, 1.82) is 0 Å². The summed E-state index contributed by atoms with van der Waals surface area (Å²) in [5.41, 5.74) is 4.52. The molecule has 0 fully saturated rings. The molecule has 1 aromatic heterocycles. The molecule has 22 heavy (non-hydrogen) atoms. The molecule has 1 aromatic carbocycles. The minimum absolute atomic E-state index is 0.0209. The van der Waals surface area contributed by atoms with Crippen LogP contribution >= 0.6 is 0 Å². The number of hydrogen-bond donors (Lipinski definition) is 2. The van der Waals surface area contributed by atoms with Crippen molar-refractivity contribution < 1.29 is 4.79 Å². The molecular weight excluding hydrogens is 272 g/mol. The number of aromatic nitrogens is 1.